The minimum absolute atomic E-state index is 0.0293. The van der Waals surface area contributed by atoms with Gasteiger partial charge in [-0.3, -0.25) is 5.10 Å². The topological polar surface area (TPSA) is 99.4 Å². The van der Waals surface area contributed by atoms with E-state index in [1.54, 1.807) is 16.9 Å². The molecule has 0 amide bonds. The van der Waals surface area contributed by atoms with Gasteiger partial charge >= 0.3 is 5.97 Å². The lowest BCUT2D eigenvalue weighted by Crippen LogP contribution is -2.19. The molecule has 1 aromatic carbocycles. The van der Waals surface area contributed by atoms with Gasteiger partial charge in [-0.2, -0.15) is 10.2 Å². The highest BCUT2D eigenvalue weighted by Crippen LogP contribution is 2.35. The summed E-state index contributed by atoms with van der Waals surface area (Å²) in [7, 11) is 0. The van der Waals surface area contributed by atoms with Crippen LogP contribution in [-0.2, 0) is 18.5 Å². The van der Waals surface area contributed by atoms with E-state index in [1.807, 2.05) is 39.0 Å². The number of aromatic carboxylic acids is 1. The molecule has 2 N–H and O–H groups in total. The number of rotatable bonds is 3. The summed E-state index contributed by atoms with van der Waals surface area (Å²) in [5, 5.41) is 21.1. The summed E-state index contributed by atoms with van der Waals surface area (Å²) in [5.74, 6) is -0.268. The third kappa shape index (κ3) is 2.83. The molecule has 0 bridgehead atoms. The van der Waals surface area contributed by atoms with Crippen molar-refractivity contribution in [1.82, 2.24) is 24.8 Å². The second kappa shape index (κ2) is 6.41. The Hall–Kier alpha value is -3.68. The Labute approximate surface area is 173 Å². The summed E-state index contributed by atoms with van der Waals surface area (Å²) in [4.78, 5) is 19.1. The van der Waals surface area contributed by atoms with Crippen molar-refractivity contribution in [3.63, 3.8) is 0 Å². The van der Waals surface area contributed by atoms with Crippen LogP contribution >= 0.6 is 0 Å². The van der Waals surface area contributed by atoms with Crippen molar-refractivity contribution in [1.29, 1.82) is 0 Å². The molecule has 3 aromatic heterocycles. The zero-order chi connectivity index (χ0) is 21.0. The Morgan fingerprint density at radius 3 is 2.43 bits per heavy atom. The van der Waals surface area contributed by atoms with Crippen molar-refractivity contribution in [3.05, 3.63) is 65.1 Å². The van der Waals surface area contributed by atoms with Crippen LogP contribution in [0.4, 0.5) is 5.82 Å². The van der Waals surface area contributed by atoms with E-state index in [9.17, 15) is 9.90 Å². The number of carboxylic acid groups (broad SMARTS) is 1. The van der Waals surface area contributed by atoms with E-state index in [1.165, 1.54) is 11.1 Å². The zero-order valence-corrected chi connectivity index (χ0v) is 17.0. The predicted molar refractivity (Wildman–Crippen MR) is 113 cm³/mol. The number of carbonyl (C=O) groups is 1. The van der Waals surface area contributed by atoms with Gasteiger partial charge < -0.3 is 10.0 Å². The van der Waals surface area contributed by atoms with Crippen molar-refractivity contribution >= 4 is 17.4 Å². The maximum atomic E-state index is 12.0. The van der Waals surface area contributed by atoms with Gasteiger partial charge in [-0.1, -0.05) is 45.0 Å². The summed E-state index contributed by atoms with van der Waals surface area (Å²) in [6.07, 6.45) is 3.48. The van der Waals surface area contributed by atoms with Gasteiger partial charge in [0, 0.05) is 36.5 Å². The maximum absolute atomic E-state index is 12.0. The first kappa shape index (κ1) is 18.4. The van der Waals surface area contributed by atoms with Crippen molar-refractivity contribution in [3.8, 4) is 11.3 Å². The Bertz CT molecular complexity index is 1240. The van der Waals surface area contributed by atoms with Gasteiger partial charge in [-0.25, -0.2) is 14.3 Å². The normalized spacial score (nSPS) is 13.8. The van der Waals surface area contributed by atoms with Crippen LogP contribution < -0.4 is 4.90 Å². The molecule has 0 saturated heterocycles. The summed E-state index contributed by atoms with van der Waals surface area (Å²) >= 11 is 0. The molecule has 5 rings (SSSR count). The Morgan fingerprint density at radius 1 is 1.17 bits per heavy atom. The number of carboxylic acids is 1. The number of aromatic nitrogens is 5. The van der Waals surface area contributed by atoms with Crippen molar-refractivity contribution < 1.29 is 9.90 Å². The molecule has 0 atom stereocenters. The van der Waals surface area contributed by atoms with Crippen molar-refractivity contribution in [2.24, 2.45) is 0 Å². The number of hydrogen-bond donors (Lipinski definition) is 2. The van der Waals surface area contributed by atoms with Gasteiger partial charge in [0.1, 0.15) is 5.82 Å². The first-order valence-electron chi connectivity index (χ1n) is 9.81. The van der Waals surface area contributed by atoms with Crippen LogP contribution in [0.1, 0.15) is 48.0 Å². The second-order valence-corrected chi connectivity index (χ2v) is 8.63. The first-order valence-corrected chi connectivity index (χ1v) is 9.81. The van der Waals surface area contributed by atoms with Crippen LogP contribution in [0.3, 0.4) is 0 Å². The quantitative estimate of drug-likeness (QED) is 0.543. The summed E-state index contributed by atoms with van der Waals surface area (Å²) in [6, 6.07) is 10.3. The van der Waals surface area contributed by atoms with Crippen LogP contribution in [-0.4, -0.2) is 35.9 Å². The molecule has 0 radical (unpaired) electrons. The molecule has 4 aromatic rings. The number of nitrogens with one attached hydrogen (secondary N) is 1. The molecule has 4 heterocycles. The SMILES string of the molecule is CC(C)(C)c1c(C(=O)O)nn2c(-c3cn[nH]c3)cc(N3Cc4ccccc4C3)nc12. The van der Waals surface area contributed by atoms with Crippen LogP contribution in [0.15, 0.2) is 42.7 Å². The maximum Gasteiger partial charge on any atom is 0.356 e. The number of anilines is 1. The number of nitrogens with zero attached hydrogens (tertiary/aromatic N) is 5. The second-order valence-electron chi connectivity index (χ2n) is 8.63. The standard InChI is InChI=1S/C22H22N6O2/c1-22(2,3)18-19(21(29)30)26-28-16(15-9-23-24-10-15)8-17(25-20(18)28)27-11-13-6-4-5-7-14(13)12-27/h4-10H,11-12H2,1-3H3,(H,23,24)(H,29,30). The van der Waals surface area contributed by atoms with Gasteiger partial charge in [-0.15, -0.1) is 0 Å². The fourth-order valence-corrected chi connectivity index (χ4v) is 4.10. The molecule has 152 valence electrons. The van der Waals surface area contributed by atoms with E-state index >= 15 is 0 Å². The van der Waals surface area contributed by atoms with E-state index in [-0.39, 0.29) is 5.69 Å². The largest absolute Gasteiger partial charge is 0.476 e. The lowest BCUT2D eigenvalue weighted by atomic mass is 9.86. The third-order valence-corrected chi connectivity index (χ3v) is 5.49. The highest BCUT2D eigenvalue weighted by Gasteiger charge is 2.31. The monoisotopic (exact) mass is 402 g/mol. The van der Waals surface area contributed by atoms with Crippen LogP contribution in [0.25, 0.3) is 16.9 Å². The minimum atomic E-state index is -1.06. The van der Waals surface area contributed by atoms with Gasteiger partial charge in [0.15, 0.2) is 11.3 Å². The van der Waals surface area contributed by atoms with E-state index in [0.717, 1.165) is 30.2 Å². The number of aromatic amines is 1. The first-order chi connectivity index (χ1) is 14.3. The Morgan fingerprint density at radius 2 is 1.87 bits per heavy atom. The van der Waals surface area contributed by atoms with Gasteiger partial charge in [-0.05, 0) is 16.5 Å². The number of fused-ring (bicyclic) bond motifs is 2. The summed E-state index contributed by atoms with van der Waals surface area (Å²) in [6.45, 7) is 7.46. The molecule has 30 heavy (non-hydrogen) atoms. The molecule has 1 aliphatic heterocycles. The number of H-pyrrole nitrogens is 1. The molecule has 8 nitrogen and oxygen atoms in total. The van der Waals surface area contributed by atoms with E-state index in [4.69, 9.17) is 4.98 Å². The average Bonchev–Trinajstić information content (AvgIpc) is 3.43. The fraction of sp³-hybridized carbons (Fsp3) is 0.273. The molecule has 1 aliphatic rings. The minimum Gasteiger partial charge on any atom is -0.476 e. The molecule has 0 fully saturated rings. The van der Waals surface area contributed by atoms with Crippen molar-refractivity contribution in [2.75, 3.05) is 4.90 Å². The van der Waals surface area contributed by atoms with E-state index in [0.29, 0.717) is 11.2 Å². The lowest BCUT2D eigenvalue weighted by Gasteiger charge is -2.21. The highest BCUT2D eigenvalue weighted by atomic mass is 16.4. The lowest BCUT2D eigenvalue weighted by molar-refractivity contribution is 0.0687. The van der Waals surface area contributed by atoms with Crippen LogP contribution in [0.5, 0.6) is 0 Å². The van der Waals surface area contributed by atoms with Gasteiger partial charge in [0.2, 0.25) is 0 Å². The molecular formula is C22H22N6O2. The Kier molecular flexibility index (Phi) is 3.92. The molecule has 0 saturated carbocycles. The van der Waals surface area contributed by atoms with Gasteiger partial charge in [0.05, 0.1) is 11.9 Å². The number of benzene rings is 1. The van der Waals surface area contributed by atoms with Crippen LogP contribution in [0, 0.1) is 0 Å². The van der Waals surface area contributed by atoms with E-state index < -0.39 is 11.4 Å². The third-order valence-electron chi connectivity index (χ3n) is 5.49. The summed E-state index contributed by atoms with van der Waals surface area (Å²) < 4.78 is 1.63. The fourth-order valence-electron chi connectivity index (χ4n) is 4.10. The molecule has 0 spiro atoms. The zero-order valence-electron chi connectivity index (χ0n) is 17.0. The highest BCUT2D eigenvalue weighted by molar-refractivity contribution is 5.90. The molecule has 8 heteroatoms. The number of hydrogen-bond acceptors (Lipinski definition) is 5. The van der Waals surface area contributed by atoms with Gasteiger partial charge in [0.25, 0.3) is 0 Å². The Balaban J connectivity index is 1.76. The van der Waals surface area contributed by atoms with Crippen LogP contribution in [0.2, 0.25) is 0 Å². The average molecular weight is 402 g/mol. The van der Waals surface area contributed by atoms with E-state index in [2.05, 4.69) is 32.3 Å². The molecular weight excluding hydrogens is 380 g/mol. The summed E-state index contributed by atoms with van der Waals surface area (Å²) in [5.41, 5.74) is 4.89. The smallest absolute Gasteiger partial charge is 0.356 e. The molecule has 0 aliphatic carbocycles. The van der Waals surface area contributed by atoms with Crippen molar-refractivity contribution in [2.45, 2.75) is 39.3 Å². The molecule has 0 unspecified atom stereocenters. The predicted octanol–water partition coefficient (Wildman–Crippen LogP) is 3.64.